The van der Waals surface area contributed by atoms with Crippen molar-refractivity contribution >= 4 is 23.3 Å². The predicted molar refractivity (Wildman–Crippen MR) is 110 cm³/mol. The maximum Gasteiger partial charge on any atom is 0.418 e. The molecule has 8 heteroatoms. The van der Waals surface area contributed by atoms with Crippen molar-refractivity contribution in [3.8, 4) is 0 Å². The Bertz CT molecular complexity index is 1020. The van der Waals surface area contributed by atoms with E-state index in [4.69, 9.17) is 4.74 Å². The molecule has 0 radical (unpaired) electrons. The molecule has 1 N–H and O–H groups in total. The van der Waals surface area contributed by atoms with Crippen LogP contribution in [-0.2, 0) is 20.5 Å². The maximum absolute atomic E-state index is 13.1. The molecule has 0 aromatic heterocycles. The first kappa shape index (κ1) is 22.0. The number of ketones is 1. The fraction of sp³-hybridized carbons (Fsp3) is 0.375. The van der Waals surface area contributed by atoms with Crippen LogP contribution in [0.5, 0.6) is 0 Å². The van der Waals surface area contributed by atoms with E-state index in [0.717, 1.165) is 31.4 Å². The van der Waals surface area contributed by atoms with E-state index in [-0.39, 0.29) is 17.6 Å². The van der Waals surface area contributed by atoms with Crippen molar-refractivity contribution in [3.05, 3.63) is 65.7 Å². The van der Waals surface area contributed by atoms with Gasteiger partial charge in [-0.25, -0.2) is 0 Å². The zero-order valence-electron chi connectivity index (χ0n) is 17.1. The normalized spacial score (nSPS) is 24.2. The molecule has 0 aliphatic heterocycles. The van der Waals surface area contributed by atoms with Gasteiger partial charge in [0.2, 0.25) is 0 Å². The first-order valence-corrected chi connectivity index (χ1v) is 10.5. The summed E-state index contributed by atoms with van der Waals surface area (Å²) in [6.45, 7) is -0.717. The number of carbonyl (C=O) groups excluding carboxylic acids is 3. The van der Waals surface area contributed by atoms with E-state index in [9.17, 15) is 27.6 Å². The minimum atomic E-state index is -4.63. The fourth-order valence-corrected chi connectivity index (χ4v) is 5.06. The molecule has 168 valence electrons. The molecule has 2 aromatic carbocycles. The van der Waals surface area contributed by atoms with Crippen molar-refractivity contribution in [1.29, 1.82) is 0 Å². The van der Waals surface area contributed by atoms with Gasteiger partial charge in [-0.15, -0.1) is 0 Å². The van der Waals surface area contributed by atoms with Crippen molar-refractivity contribution in [3.63, 3.8) is 0 Å². The standard InChI is InChI=1S/C24H22F3NO4/c25-24(26,27)17-8-4-5-9-18(17)28-19(29)13-32-23(31)21-16-11-10-15(12-16)20(21)22(30)14-6-2-1-3-7-14/h1-9,15-16,20-21H,10-13H2,(H,28,29)/t15-,16-,20-,21-/m0/s1. The molecular formula is C24H22F3NO4. The minimum absolute atomic E-state index is 0.0131. The average Bonchev–Trinajstić information content (AvgIpc) is 3.39. The number of carbonyl (C=O) groups is 3. The molecule has 1 amide bonds. The molecule has 2 aromatic rings. The first-order chi connectivity index (χ1) is 15.3. The van der Waals surface area contributed by atoms with Crippen LogP contribution in [0, 0.1) is 23.7 Å². The molecule has 2 saturated carbocycles. The van der Waals surface area contributed by atoms with Gasteiger partial charge in [-0.3, -0.25) is 14.4 Å². The summed E-state index contributed by atoms with van der Waals surface area (Å²) in [5.41, 5.74) is -0.858. The van der Waals surface area contributed by atoms with Crippen LogP contribution in [0.3, 0.4) is 0 Å². The number of fused-ring (bicyclic) bond motifs is 2. The third-order valence-electron chi connectivity index (χ3n) is 6.40. The molecule has 4 rings (SSSR count). The largest absolute Gasteiger partial charge is 0.455 e. The predicted octanol–water partition coefficient (Wildman–Crippen LogP) is 4.73. The SMILES string of the molecule is O=C(COC(=O)[C@H]1[C@H]2CC[C@@H](C2)[C@@H]1C(=O)c1ccccc1)Nc1ccccc1C(F)(F)F. The van der Waals surface area contributed by atoms with E-state index < -0.39 is 47.7 Å². The smallest absolute Gasteiger partial charge is 0.418 e. The van der Waals surface area contributed by atoms with E-state index >= 15 is 0 Å². The third-order valence-corrected chi connectivity index (χ3v) is 6.40. The Morgan fingerprint density at radius 1 is 0.906 bits per heavy atom. The van der Waals surface area contributed by atoms with Crippen LogP contribution in [0.25, 0.3) is 0 Å². The number of benzene rings is 2. The lowest BCUT2D eigenvalue weighted by atomic mass is 9.75. The molecular weight excluding hydrogens is 423 g/mol. The van der Waals surface area contributed by atoms with Crippen LogP contribution >= 0.6 is 0 Å². The van der Waals surface area contributed by atoms with Crippen LogP contribution < -0.4 is 5.32 Å². The third kappa shape index (κ3) is 4.40. The van der Waals surface area contributed by atoms with Crippen LogP contribution in [-0.4, -0.2) is 24.3 Å². The summed E-state index contributed by atoms with van der Waals surface area (Å²) >= 11 is 0. The highest BCUT2D eigenvalue weighted by atomic mass is 19.4. The number of hydrogen-bond acceptors (Lipinski definition) is 4. The topological polar surface area (TPSA) is 72.5 Å². The Labute approximate surface area is 183 Å². The van der Waals surface area contributed by atoms with Gasteiger partial charge in [0.05, 0.1) is 17.2 Å². The van der Waals surface area contributed by atoms with Gasteiger partial charge in [0.25, 0.3) is 5.91 Å². The van der Waals surface area contributed by atoms with Gasteiger partial charge < -0.3 is 10.1 Å². The number of para-hydroxylation sites is 1. The molecule has 2 aliphatic rings. The zero-order chi connectivity index (χ0) is 22.9. The van der Waals surface area contributed by atoms with Crippen LogP contribution in [0.1, 0.15) is 35.2 Å². The molecule has 5 nitrogen and oxygen atoms in total. The van der Waals surface area contributed by atoms with Gasteiger partial charge in [-0.1, -0.05) is 42.5 Å². The Hall–Kier alpha value is -3.16. The van der Waals surface area contributed by atoms with Crippen LogP contribution in [0.4, 0.5) is 18.9 Å². The molecule has 0 heterocycles. The van der Waals surface area contributed by atoms with Crippen molar-refractivity contribution in [1.82, 2.24) is 0 Å². The Morgan fingerprint density at radius 3 is 2.22 bits per heavy atom. The van der Waals surface area contributed by atoms with Crippen LogP contribution in [0.15, 0.2) is 54.6 Å². The van der Waals surface area contributed by atoms with Gasteiger partial charge in [0.15, 0.2) is 12.4 Å². The van der Waals surface area contributed by atoms with Crippen molar-refractivity contribution < 1.29 is 32.3 Å². The summed E-state index contributed by atoms with van der Waals surface area (Å²) in [5.74, 6) is -2.66. The summed E-state index contributed by atoms with van der Waals surface area (Å²) in [6.07, 6.45) is -2.19. The van der Waals surface area contributed by atoms with E-state index in [1.54, 1.807) is 30.3 Å². The van der Waals surface area contributed by atoms with Crippen molar-refractivity contribution in [2.75, 3.05) is 11.9 Å². The van der Waals surface area contributed by atoms with E-state index in [2.05, 4.69) is 5.32 Å². The second kappa shape index (κ2) is 8.76. The number of nitrogens with one attached hydrogen (secondary N) is 1. The highest BCUT2D eigenvalue weighted by molar-refractivity contribution is 6.01. The van der Waals surface area contributed by atoms with Gasteiger partial charge in [0, 0.05) is 11.5 Å². The number of rotatable bonds is 6. The summed E-state index contributed by atoms with van der Waals surface area (Å²) in [4.78, 5) is 38.1. The summed E-state index contributed by atoms with van der Waals surface area (Å²) in [6, 6.07) is 13.3. The molecule has 2 bridgehead atoms. The monoisotopic (exact) mass is 445 g/mol. The second-order valence-electron chi connectivity index (χ2n) is 8.31. The van der Waals surface area contributed by atoms with Crippen molar-refractivity contribution in [2.24, 2.45) is 23.7 Å². The highest BCUT2D eigenvalue weighted by Crippen LogP contribution is 2.53. The highest BCUT2D eigenvalue weighted by Gasteiger charge is 2.54. The number of esters is 1. The molecule has 2 fully saturated rings. The lowest BCUT2D eigenvalue weighted by Gasteiger charge is -2.28. The fourth-order valence-electron chi connectivity index (χ4n) is 5.06. The number of Topliss-reactive ketones (excluding diaryl/α,β-unsaturated/α-hetero) is 1. The van der Waals surface area contributed by atoms with Gasteiger partial charge in [-0.05, 0) is 43.2 Å². The molecule has 0 saturated heterocycles. The summed E-state index contributed by atoms with van der Waals surface area (Å²) in [5, 5.41) is 2.15. The minimum Gasteiger partial charge on any atom is -0.455 e. The lowest BCUT2D eigenvalue weighted by Crippen LogP contribution is -2.37. The Kier molecular flexibility index (Phi) is 6.04. The molecule has 2 aliphatic carbocycles. The van der Waals surface area contributed by atoms with Crippen molar-refractivity contribution in [2.45, 2.75) is 25.4 Å². The number of alkyl halides is 3. The summed E-state index contributed by atoms with van der Waals surface area (Å²) in [7, 11) is 0. The van der Waals surface area contributed by atoms with Gasteiger partial charge in [-0.2, -0.15) is 13.2 Å². The molecule has 0 spiro atoms. The Morgan fingerprint density at radius 2 is 1.53 bits per heavy atom. The van der Waals surface area contributed by atoms with Crippen LogP contribution in [0.2, 0.25) is 0 Å². The quantitative estimate of drug-likeness (QED) is 0.515. The second-order valence-corrected chi connectivity index (χ2v) is 8.31. The first-order valence-electron chi connectivity index (χ1n) is 10.5. The number of ether oxygens (including phenoxy) is 1. The number of halogens is 3. The molecule has 0 unspecified atom stereocenters. The van der Waals surface area contributed by atoms with Gasteiger partial charge >= 0.3 is 12.1 Å². The molecule has 4 atom stereocenters. The number of hydrogen-bond donors (Lipinski definition) is 1. The van der Waals surface area contributed by atoms with E-state index in [1.807, 2.05) is 0 Å². The van der Waals surface area contributed by atoms with E-state index in [1.165, 1.54) is 12.1 Å². The molecule has 32 heavy (non-hydrogen) atoms. The van der Waals surface area contributed by atoms with Gasteiger partial charge in [0.1, 0.15) is 0 Å². The zero-order valence-corrected chi connectivity index (χ0v) is 17.1. The number of amides is 1. The summed E-state index contributed by atoms with van der Waals surface area (Å²) < 4.78 is 44.5. The van der Waals surface area contributed by atoms with E-state index in [0.29, 0.717) is 5.56 Å². The lowest BCUT2D eigenvalue weighted by molar-refractivity contribution is -0.154. The number of anilines is 1. The average molecular weight is 445 g/mol. The Balaban J connectivity index is 1.41. The maximum atomic E-state index is 13.1.